The van der Waals surface area contributed by atoms with Gasteiger partial charge in [0.15, 0.2) is 0 Å². The maximum Gasteiger partial charge on any atom is 0.490 e. The van der Waals surface area contributed by atoms with E-state index < -0.39 is 12.1 Å². The number of carbonyl (C=O) groups excluding carboxylic acids is 1. The topological polar surface area (TPSA) is 70.1 Å². The lowest BCUT2D eigenvalue weighted by molar-refractivity contribution is -0.192. The summed E-state index contributed by atoms with van der Waals surface area (Å²) in [5.41, 5.74) is 2.04. The molecule has 39 heavy (non-hydrogen) atoms. The molecule has 6 nitrogen and oxygen atoms in total. The number of hydrogen-bond donors (Lipinski definition) is 1. The summed E-state index contributed by atoms with van der Waals surface area (Å²) in [4.78, 5) is 26.1. The fraction of sp³-hybridized carbons (Fsp3) is 0.517. The van der Waals surface area contributed by atoms with Crippen LogP contribution in [-0.2, 0) is 22.6 Å². The number of para-hydroxylation sites is 1. The van der Waals surface area contributed by atoms with Crippen LogP contribution in [0.25, 0.3) is 0 Å². The van der Waals surface area contributed by atoms with E-state index in [0.717, 1.165) is 57.9 Å². The molecule has 1 spiro atoms. The van der Waals surface area contributed by atoms with Gasteiger partial charge in [0.25, 0.3) is 0 Å². The van der Waals surface area contributed by atoms with Gasteiger partial charge in [0.05, 0.1) is 13.0 Å². The number of benzene rings is 2. The van der Waals surface area contributed by atoms with Crippen molar-refractivity contribution in [2.75, 3.05) is 32.8 Å². The Bertz CT molecular complexity index is 1110. The smallest absolute Gasteiger partial charge is 0.490 e. The van der Waals surface area contributed by atoms with Gasteiger partial charge in [-0.05, 0) is 54.8 Å². The van der Waals surface area contributed by atoms with Crippen molar-refractivity contribution < 1.29 is 37.0 Å². The number of halogens is 4. The number of nitrogens with zero attached hydrogens (tertiary/aromatic N) is 2. The molecule has 214 valence electrons. The molecule has 4 rings (SSSR count). The number of amides is 1. The fourth-order valence-electron chi connectivity index (χ4n) is 4.99. The van der Waals surface area contributed by atoms with E-state index in [0.29, 0.717) is 16.9 Å². The largest absolute Gasteiger partial charge is 0.493 e. The molecule has 2 aromatic carbocycles. The molecule has 2 aliphatic heterocycles. The van der Waals surface area contributed by atoms with Crippen molar-refractivity contribution in [3.05, 3.63) is 65.5 Å². The maximum absolute atomic E-state index is 13.9. The lowest BCUT2D eigenvalue weighted by Gasteiger charge is -2.39. The first kappa shape index (κ1) is 30.4. The van der Waals surface area contributed by atoms with E-state index in [4.69, 9.17) is 14.6 Å². The van der Waals surface area contributed by atoms with Crippen LogP contribution in [0.1, 0.15) is 44.2 Å². The van der Waals surface area contributed by atoms with E-state index >= 15 is 0 Å². The van der Waals surface area contributed by atoms with Gasteiger partial charge in [0, 0.05) is 31.7 Å². The first-order valence-electron chi connectivity index (χ1n) is 13.1. The van der Waals surface area contributed by atoms with Crippen molar-refractivity contribution in [2.45, 2.75) is 52.3 Å². The lowest BCUT2D eigenvalue weighted by atomic mass is 9.77. The predicted molar refractivity (Wildman–Crippen MR) is 139 cm³/mol. The van der Waals surface area contributed by atoms with Crippen molar-refractivity contribution in [2.24, 2.45) is 11.3 Å². The number of aliphatic carboxylic acids is 1. The van der Waals surface area contributed by atoms with Gasteiger partial charge in [-0.2, -0.15) is 13.2 Å². The predicted octanol–water partition coefficient (Wildman–Crippen LogP) is 5.55. The zero-order chi connectivity index (χ0) is 28.6. The van der Waals surface area contributed by atoms with Crippen LogP contribution >= 0.6 is 0 Å². The molecular formula is C29H36F4N2O4. The quantitative estimate of drug-likeness (QED) is 0.456. The molecule has 0 saturated carbocycles. The average Bonchev–Trinajstić information content (AvgIpc) is 3.26. The number of ether oxygens (including phenoxy) is 1. The Kier molecular flexibility index (Phi) is 10.4. The minimum absolute atomic E-state index is 0.0380. The second-order valence-corrected chi connectivity index (χ2v) is 10.7. The van der Waals surface area contributed by atoms with Crippen molar-refractivity contribution >= 4 is 11.9 Å². The van der Waals surface area contributed by atoms with Crippen molar-refractivity contribution in [3.8, 4) is 5.75 Å². The molecule has 1 amide bonds. The van der Waals surface area contributed by atoms with Crippen LogP contribution in [0, 0.1) is 17.2 Å². The minimum Gasteiger partial charge on any atom is -0.493 e. The first-order chi connectivity index (χ1) is 18.4. The molecule has 0 aliphatic carbocycles. The Hall–Kier alpha value is -3.14. The van der Waals surface area contributed by atoms with E-state index in [1.165, 1.54) is 18.1 Å². The highest BCUT2D eigenvalue weighted by Gasteiger charge is 2.41. The zero-order valence-electron chi connectivity index (χ0n) is 22.3. The summed E-state index contributed by atoms with van der Waals surface area (Å²) < 4.78 is 51.7. The monoisotopic (exact) mass is 552 g/mol. The average molecular weight is 553 g/mol. The molecule has 2 heterocycles. The van der Waals surface area contributed by atoms with Crippen LogP contribution in [-0.4, -0.2) is 65.7 Å². The lowest BCUT2D eigenvalue weighted by Crippen LogP contribution is -2.44. The Labute approximate surface area is 226 Å². The third kappa shape index (κ3) is 8.95. The summed E-state index contributed by atoms with van der Waals surface area (Å²) in [6.07, 6.45) is -1.70. The highest BCUT2D eigenvalue weighted by molar-refractivity contribution is 5.79. The van der Waals surface area contributed by atoms with Gasteiger partial charge >= 0.3 is 12.1 Å². The standard InChI is InChI=1S/C27H35FN2O2.C2HF3O2/c1-21(2)19-32-25-10-6-4-8-23(25)18-29-14-11-27(20-29)12-15-30(16-13-27)26(31)17-22-7-3-5-9-24(22)28;3-2(4,5)1(6)7/h3-10,21H,11-20H2,1-2H3;(H,6,7). The van der Waals surface area contributed by atoms with E-state index in [1.54, 1.807) is 18.2 Å². The maximum atomic E-state index is 13.9. The number of alkyl halides is 3. The summed E-state index contributed by atoms with van der Waals surface area (Å²) in [6.45, 7) is 9.68. The highest BCUT2D eigenvalue weighted by atomic mass is 19.4. The Balaban J connectivity index is 0.000000532. The number of likely N-dealkylation sites (tertiary alicyclic amines) is 2. The number of carbonyl (C=O) groups is 2. The van der Waals surface area contributed by atoms with Crippen LogP contribution in [0.15, 0.2) is 48.5 Å². The normalized spacial score (nSPS) is 17.2. The molecule has 0 aromatic heterocycles. The van der Waals surface area contributed by atoms with E-state index in [9.17, 15) is 22.4 Å². The van der Waals surface area contributed by atoms with Crippen molar-refractivity contribution in [3.63, 3.8) is 0 Å². The Morgan fingerprint density at radius 3 is 2.13 bits per heavy atom. The van der Waals surface area contributed by atoms with E-state index in [1.807, 2.05) is 11.0 Å². The second-order valence-electron chi connectivity index (χ2n) is 10.7. The second kappa shape index (κ2) is 13.3. The minimum atomic E-state index is -5.08. The third-order valence-corrected chi connectivity index (χ3v) is 7.17. The van der Waals surface area contributed by atoms with Crippen LogP contribution in [0.4, 0.5) is 17.6 Å². The van der Waals surface area contributed by atoms with Gasteiger partial charge < -0.3 is 14.7 Å². The molecule has 2 saturated heterocycles. The summed E-state index contributed by atoms with van der Waals surface area (Å²) >= 11 is 0. The molecule has 0 unspecified atom stereocenters. The van der Waals surface area contributed by atoms with Crippen molar-refractivity contribution in [1.82, 2.24) is 9.80 Å². The Morgan fingerprint density at radius 1 is 0.974 bits per heavy atom. The SMILES string of the molecule is CC(C)COc1ccccc1CN1CCC2(CCN(C(=O)Cc3ccccc3F)CC2)C1.O=C(O)C(F)(F)F. The molecule has 2 fully saturated rings. The van der Waals surface area contributed by atoms with E-state index in [2.05, 4.69) is 36.9 Å². The van der Waals surface area contributed by atoms with Crippen LogP contribution < -0.4 is 4.74 Å². The fourth-order valence-corrected chi connectivity index (χ4v) is 4.99. The Morgan fingerprint density at radius 2 is 1.54 bits per heavy atom. The number of carboxylic acids is 1. The van der Waals surface area contributed by atoms with Gasteiger partial charge in [-0.25, -0.2) is 9.18 Å². The number of rotatable bonds is 7. The van der Waals surface area contributed by atoms with Crippen LogP contribution in [0.5, 0.6) is 5.75 Å². The molecular weight excluding hydrogens is 516 g/mol. The third-order valence-electron chi connectivity index (χ3n) is 7.17. The molecule has 0 atom stereocenters. The van der Waals surface area contributed by atoms with Gasteiger partial charge in [0.1, 0.15) is 11.6 Å². The van der Waals surface area contributed by atoms with Gasteiger partial charge in [0.2, 0.25) is 5.91 Å². The van der Waals surface area contributed by atoms with Gasteiger partial charge in [-0.15, -0.1) is 0 Å². The molecule has 1 N–H and O–H groups in total. The summed E-state index contributed by atoms with van der Waals surface area (Å²) in [6, 6.07) is 14.9. The van der Waals surface area contributed by atoms with Crippen molar-refractivity contribution in [1.29, 1.82) is 0 Å². The molecule has 0 radical (unpaired) electrons. The summed E-state index contributed by atoms with van der Waals surface area (Å²) in [5, 5.41) is 7.12. The number of hydrogen-bond acceptors (Lipinski definition) is 4. The molecule has 0 bridgehead atoms. The number of piperidine rings is 1. The molecule has 2 aromatic rings. The summed E-state index contributed by atoms with van der Waals surface area (Å²) in [7, 11) is 0. The highest BCUT2D eigenvalue weighted by Crippen LogP contribution is 2.41. The molecule has 2 aliphatic rings. The van der Waals surface area contributed by atoms with Gasteiger partial charge in [-0.3, -0.25) is 9.69 Å². The summed E-state index contributed by atoms with van der Waals surface area (Å²) in [5.74, 6) is -1.51. The van der Waals surface area contributed by atoms with Crippen LogP contribution in [0.3, 0.4) is 0 Å². The molecule has 10 heteroatoms. The zero-order valence-corrected chi connectivity index (χ0v) is 22.3. The number of carboxylic acid groups (broad SMARTS) is 1. The van der Waals surface area contributed by atoms with Crippen LogP contribution in [0.2, 0.25) is 0 Å². The first-order valence-corrected chi connectivity index (χ1v) is 13.1. The van der Waals surface area contributed by atoms with E-state index in [-0.39, 0.29) is 18.1 Å². The van der Waals surface area contributed by atoms with Gasteiger partial charge in [-0.1, -0.05) is 50.2 Å².